The van der Waals surface area contributed by atoms with E-state index in [0.29, 0.717) is 28.8 Å². The van der Waals surface area contributed by atoms with Gasteiger partial charge in [-0.05, 0) is 78.2 Å². The lowest BCUT2D eigenvalue weighted by atomic mass is 10.0. The third-order valence-corrected chi connectivity index (χ3v) is 13.3. The van der Waals surface area contributed by atoms with Crippen molar-refractivity contribution in [2.24, 2.45) is 11.8 Å². The first-order valence-electron chi connectivity index (χ1n) is 21.8. The largest absolute Gasteiger partial charge is 0.465 e. The third-order valence-electron chi connectivity index (χ3n) is 13.3. The number of nitrogens with one attached hydrogen (secondary N) is 4. The second kappa shape index (κ2) is 15.6. The highest BCUT2D eigenvalue weighted by molar-refractivity contribution is 5.89. The Hall–Kier alpha value is -7.22. The number of aromatic nitrogens is 4. The minimum Gasteiger partial charge on any atom is -0.465 e. The molecule has 3 aliphatic carbocycles. The number of hydrogen-bond acceptors (Lipinski definition) is 7. The fraction of sp³-hybridized carbons (Fsp3) is 0.306. The van der Waals surface area contributed by atoms with Gasteiger partial charge in [-0.25, -0.2) is 19.6 Å². The van der Waals surface area contributed by atoms with Gasteiger partial charge in [0.15, 0.2) is 0 Å². The van der Waals surface area contributed by atoms with Gasteiger partial charge >= 0.3 is 12.2 Å². The van der Waals surface area contributed by atoms with Crippen LogP contribution in [0.4, 0.5) is 9.59 Å². The van der Waals surface area contributed by atoms with Crippen LogP contribution in [0, 0.1) is 11.8 Å². The first kappa shape index (κ1) is 38.7. The maximum absolute atomic E-state index is 14.3. The Balaban J connectivity index is 0.764. The van der Waals surface area contributed by atoms with Gasteiger partial charge in [0.25, 0.3) is 11.8 Å². The van der Waals surface area contributed by atoms with Gasteiger partial charge in [0.2, 0.25) is 0 Å². The molecule has 4 aromatic carbocycles. The van der Waals surface area contributed by atoms with Crippen LogP contribution in [0.1, 0.15) is 85.5 Å². The highest BCUT2D eigenvalue weighted by atomic mass is 16.6. The van der Waals surface area contributed by atoms with Gasteiger partial charge in [-0.15, -0.1) is 0 Å². The number of amides is 4. The van der Waals surface area contributed by atoms with Crippen LogP contribution in [-0.2, 0) is 14.3 Å². The van der Waals surface area contributed by atoms with Gasteiger partial charge in [-0.3, -0.25) is 9.59 Å². The number of fused-ring (bicyclic) bond motifs is 2. The van der Waals surface area contributed by atoms with Crippen LogP contribution in [0.2, 0.25) is 0 Å². The summed E-state index contributed by atoms with van der Waals surface area (Å²) in [5, 5.41) is 14.9. The van der Waals surface area contributed by atoms with Crippen molar-refractivity contribution < 1.29 is 29.0 Å². The number of benzene rings is 4. The summed E-state index contributed by atoms with van der Waals surface area (Å²) in [6, 6.07) is 32.6. The Kier molecular flexibility index (Phi) is 9.58. The van der Waals surface area contributed by atoms with Crippen LogP contribution >= 0.6 is 0 Å². The SMILES string of the molecule is O=C(O)N[C@@H](C(=O)N1[C@@H]2C[C@@H]2C[C@H]1c1nc(-c2ccc(-c3ccc(-c4cnc([C@@H]5C[C@H]6C[C@H]6N5C(=O)[C@H](NC(=O)OC5CC5)c5ccccc5)[nH]4)cc3)cc2)c[nH]1)c1ccccc1. The number of carbonyl (C=O) groups is 4. The Morgan fingerprint density at radius 2 is 1.17 bits per heavy atom. The Morgan fingerprint density at radius 3 is 1.73 bits per heavy atom. The van der Waals surface area contributed by atoms with Crippen molar-refractivity contribution in [1.29, 1.82) is 0 Å². The van der Waals surface area contributed by atoms with Crippen molar-refractivity contribution in [3.8, 4) is 33.6 Å². The van der Waals surface area contributed by atoms with Gasteiger partial charge in [-0.2, -0.15) is 0 Å². The van der Waals surface area contributed by atoms with Gasteiger partial charge in [0.05, 0.1) is 29.7 Å². The highest BCUT2D eigenvalue weighted by Crippen LogP contribution is 2.55. The van der Waals surface area contributed by atoms with Crippen LogP contribution in [0.5, 0.6) is 0 Å². The van der Waals surface area contributed by atoms with Crippen molar-refractivity contribution in [3.05, 3.63) is 144 Å². The first-order chi connectivity index (χ1) is 30.8. The summed E-state index contributed by atoms with van der Waals surface area (Å²) in [6.45, 7) is 0. The quantitative estimate of drug-likeness (QED) is 0.0818. The predicted octanol–water partition coefficient (Wildman–Crippen LogP) is 8.10. The predicted molar refractivity (Wildman–Crippen MR) is 231 cm³/mol. The lowest BCUT2D eigenvalue weighted by Crippen LogP contribution is -2.44. The molecule has 0 radical (unpaired) electrons. The van der Waals surface area contributed by atoms with E-state index in [2.05, 4.69) is 57.0 Å². The molecular weight excluding hydrogens is 797 g/mol. The summed E-state index contributed by atoms with van der Waals surface area (Å²) in [4.78, 5) is 73.2. The van der Waals surface area contributed by atoms with Crippen LogP contribution in [-0.4, -0.2) is 77.0 Å². The zero-order chi connectivity index (χ0) is 42.8. The molecule has 5 aliphatic rings. The summed E-state index contributed by atoms with van der Waals surface area (Å²) >= 11 is 0. The number of ether oxygens (including phenoxy) is 1. The second-order valence-electron chi connectivity index (χ2n) is 17.5. The molecule has 0 spiro atoms. The molecule has 11 rings (SSSR count). The fourth-order valence-electron chi connectivity index (χ4n) is 9.80. The lowest BCUT2D eigenvalue weighted by Gasteiger charge is -2.30. The van der Waals surface area contributed by atoms with E-state index in [1.165, 1.54) is 0 Å². The molecule has 5 fully saturated rings. The summed E-state index contributed by atoms with van der Waals surface area (Å²) in [6.07, 6.45) is 6.95. The molecule has 4 heterocycles. The number of hydrogen-bond donors (Lipinski definition) is 5. The molecule has 6 aromatic rings. The van der Waals surface area contributed by atoms with Crippen molar-refractivity contribution in [2.45, 2.75) is 80.9 Å². The van der Waals surface area contributed by atoms with Crippen LogP contribution in [0.15, 0.2) is 122 Å². The van der Waals surface area contributed by atoms with Gasteiger partial charge < -0.3 is 40.2 Å². The van der Waals surface area contributed by atoms with E-state index in [1.54, 1.807) is 24.3 Å². The zero-order valence-corrected chi connectivity index (χ0v) is 34.3. The van der Waals surface area contributed by atoms with Crippen molar-refractivity contribution >= 4 is 24.0 Å². The molecule has 14 heteroatoms. The van der Waals surface area contributed by atoms with Gasteiger partial charge in [-0.1, -0.05) is 109 Å². The summed E-state index contributed by atoms with van der Waals surface area (Å²) in [7, 11) is 0. The molecule has 318 valence electrons. The average molecular weight is 843 g/mol. The smallest absolute Gasteiger partial charge is 0.408 e. The Labute approximate surface area is 363 Å². The topological polar surface area (TPSA) is 186 Å². The maximum atomic E-state index is 14.3. The first-order valence-corrected chi connectivity index (χ1v) is 21.8. The van der Waals surface area contributed by atoms with Crippen molar-refractivity contribution in [2.75, 3.05) is 0 Å². The standard InChI is InChI=1S/C49H46N8O6/c58-46(42(54-48(60)61)31-7-3-1-4-8-31)56-38-21-33(38)23-40(56)44-50-25-36(52-44)29-15-11-27(12-16-29)28-13-17-30(18-14-28)37-26-51-45(53-37)41-24-34-22-39(34)57(41)47(59)43(32-9-5-2-6-10-32)55-49(62)63-35-19-20-35/h1-18,25-26,33-35,38-43,54H,19-24H2,(H,50,52)(H,51,53)(H,55,62)(H,60,61)/t33-,34-,38-,39-,40+,41+,42-,43-/m1/s1. The number of nitrogens with zero attached hydrogens (tertiary/aromatic N) is 4. The molecule has 2 saturated heterocycles. The number of likely N-dealkylation sites (tertiary alicyclic amines) is 2. The van der Waals surface area contributed by atoms with E-state index < -0.39 is 24.3 Å². The molecule has 8 atom stereocenters. The van der Waals surface area contributed by atoms with E-state index in [4.69, 9.17) is 14.7 Å². The summed E-state index contributed by atoms with van der Waals surface area (Å²) in [5.74, 6) is 1.79. The lowest BCUT2D eigenvalue weighted by molar-refractivity contribution is -0.136. The Bertz CT molecular complexity index is 2680. The average Bonchev–Trinajstić information content (AvgIpc) is 4.24. The van der Waals surface area contributed by atoms with E-state index in [0.717, 1.165) is 78.0 Å². The van der Waals surface area contributed by atoms with Gasteiger partial charge in [0, 0.05) is 23.8 Å². The zero-order valence-electron chi connectivity index (χ0n) is 34.3. The van der Waals surface area contributed by atoms with Crippen LogP contribution in [0.3, 0.4) is 0 Å². The van der Waals surface area contributed by atoms with Crippen LogP contribution in [0.25, 0.3) is 33.6 Å². The fourth-order valence-corrected chi connectivity index (χ4v) is 9.80. The molecular formula is C49H46N8O6. The number of aromatic amines is 2. The molecule has 0 unspecified atom stereocenters. The summed E-state index contributed by atoms with van der Waals surface area (Å²) in [5.41, 5.74) is 6.92. The van der Waals surface area contributed by atoms with Gasteiger partial charge in [0.1, 0.15) is 29.8 Å². The number of imidazole rings is 2. The van der Waals surface area contributed by atoms with E-state index in [-0.39, 0.29) is 42.1 Å². The maximum Gasteiger partial charge on any atom is 0.408 e. The van der Waals surface area contributed by atoms with E-state index >= 15 is 0 Å². The number of carbonyl (C=O) groups excluding carboxylic acids is 3. The van der Waals surface area contributed by atoms with E-state index in [9.17, 15) is 24.3 Å². The number of H-pyrrole nitrogens is 2. The van der Waals surface area contributed by atoms with Crippen molar-refractivity contribution in [1.82, 2.24) is 40.4 Å². The minimum atomic E-state index is -1.25. The molecule has 2 aromatic heterocycles. The summed E-state index contributed by atoms with van der Waals surface area (Å²) < 4.78 is 5.47. The Morgan fingerprint density at radius 1 is 0.651 bits per heavy atom. The molecule has 3 saturated carbocycles. The molecule has 14 nitrogen and oxygen atoms in total. The molecule has 0 bridgehead atoms. The van der Waals surface area contributed by atoms with Crippen molar-refractivity contribution in [3.63, 3.8) is 0 Å². The molecule has 4 amide bonds. The third kappa shape index (κ3) is 7.59. The molecule has 2 aliphatic heterocycles. The molecule has 63 heavy (non-hydrogen) atoms. The number of carboxylic acid groups (broad SMARTS) is 1. The van der Waals surface area contributed by atoms with E-state index in [1.807, 2.05) is 70.7 Å². The van der Waals surface area contributed by atoms with Crippen LogP contribution < -0.4 is 10.6 Å². The number of alkyl carbamates (subject to hydrolysis) is 1. The monoisotopic (exact) mass is 842 g/mol. The highest BCUT2D eigenvalue weighted by Gasteiger charge is 2.57. The minimum absolute atomic E-state index is 0.0727. The normalized spacial score (nSPS) is 23.9. The number of piperidine rings is 2. The molecule has 5 N–H and O–H groups in total. The second-order valence-corrected chi connectivity index (χ2v) is 17.5. The number of rotatable bonds is 12.